The van der Waals surface area contributed by atoms with Crippen molar-refractivity contribution in [3.63, 3.8) is 0 Å². The highest BCUT2D eigenvalue weighted by Crippen LogP contribution is 2.28. The molecule has 0 aliphatic heterocycles. The van der Waals surface area contributed by atoms with Gasteiger partial charge in [0.2, 0.25) is 0 Å². The van der Waals surface area contributed by atoms with E-state index in [1.54, 1.807) is 32.0 Å². The van der Waals surface area contributed by atoms with E-state index in [1.165, 1.54) is 7.11 Å². The van der Waals surface area contributed by atoms with Crippen molar-refractivity contribution in [2.75, 3.05) is 7.11 Å². The number of carbonyl (C=O) groups is 1. The molecule has 0 saturated heterocycles. The monoisotopic (exact) mass is 272 g/mol. The van der Waals surface area contributed by atoms with Crippen LogP contribution in [0.1, 0.15) is 29.8 Å². The lowest BCUT2D eigenvalue weighted by molar-refractivity contribution is 0.0598. The molecule has 1 aromatic rings. The van der Waals surface area contributed by atoms with Crippen molar-refractivity contribution in [1.29, 1.82) is 0 Å². The molecule has 0 fully saturated rings. The molecule has 0 aliphatic rings. The van der Waals surface area contributed by atoms with E-state index in [-0.39, 0.29) is 0 Å². The second-order valence-electron chi connectivity index (χ2n) is 3.75. The molecule has 0 unspecified atom stereocenters. The Morgan fingerprint density at radius 2 is 2.07 bits per heavy atom. The van der Waals surface area contributed by atoms with Gasteiger partial charge in [-0.25, -0.2) is 4.79 Å². The lowest BCUT2D eigenvalue weighted by atomic mass is 9.97. The SMILES string of the molecule is COC(=O)c1ccc(C(C)(C)O)c(Br)c1. The first-order chi connectivity index (χ1) is 6.86. The summed E-state index contributed by atoms with van der Waals surface area (Å²) >= 11 is 3.31. The minimum atomic E-state index is -0.937. The summed E-state index contributed by atoms with van der Waals surface area (Å²) in [5, 5.41) is 9.81. The van der Waals surface area contributed by atoms with E-state index in [1.807, 2.05) is 0 Å². The molecule has 1 rings (SSSR count). The summed E-state index contributed by atoms with van der Waals surface area (Å²) in [6.45, 7) is 3.37. The fourth-order valence-corrected chi connectivity index (χ4v) is 2.12. The summed E-state index contributed by atoms with van der Waals surface area (Å²) in [6.07, 6.45) is 0. The van der Waals surface area contributed by atoms with Crippen LogP contribution in [0.5, 0.6) is 0 Å². The van der Waals surface area contributed by atoms with Crippen LogP contribution < -0.4 is 0 Å². The van der Waals surface area contributed by atoms with E-state index in [2.05, 4.69) is 20.7 Å². The quantitative estimate of drug-likeness (QED) is 0.842. The van der Waals surface area contributed by atoms with E-state index in [4.69, 9.17) is 0 Å². The van der Waals surface area contributed by atoms with Crippen molar-refractivity contribution in [2.45, 2.75) is 19.4 Å². The van der Waals surface area contributed by atoms with Gasteiger partial charge in [0, 0.05) is 4.47 Å². The number of esters is 1. The Kier molecular flexibility index (Phi) is 3.52. The zero-order valence-electron chi connectivity index (χ0n) is 8.87. The number of halogens is 1. The third-order valence-electron chi connectivity index (χ3n) is 2.05. The lowest BCUT2D eigenvalue weighted by Gasteiger charge is -2.19. The highest BCUT2D eigenvalue weighted by molar-refractivity contribution is 9.10. The van der Waals surface area contributed by atoms with Crippen LogP contribution in [-0.4, -0.2) is 18.2 Å². The van der Waals surface area contributed by atoms with E-state index < -0.39 is 11.6 Å². The van der Waals surface area contributed by atoms with Gasteiger partial charge in [0.15, 0.2) is 0 Å². The predicted molar refractivity (Wildman–Crippen MR) is 60.7 cm³/mol. The second-order valence-corrected chi connectivity index (χ2v) is 4.60. The van der Waals surface area contributed by atoms with E-state index in [0.717, 1.165) is 5.56 Å². The van der Waals surface area contributed by atoms with Crippen LogP contribution in [0, 0.1) is 0 Å². The van der Waals surface area contributed by atoms with Crippen molar-refractivity contribution in [2.24, 2.45) is 0 Å². The standard InChI is InChI=1S/C11H13BrO3/c1-11(2,14)8-5-4-7(6-9(8)12)10(13)15-3/h4-6,14H,1-3H3. The zero-order valence-corrected chi connectivity index (χ0v) is 10.5. The van der Waals surface area contributed by atoms with Crippen molar-refractivity contribution in [1.82, 2.24) is 0 Å². The molecule has 0 aromatic heterocycles. The summed E-state index contributed by atoms with van der Waals surface area (Å²) in [5.74, 6) is -0.391. The van der Waals surface area contributed by atoms with Gasteiger partial charge in [-0.05, 0) is 31.5 Å². The maximum atomic E-state index is 11.2. The molecule has 0 saturated carbocycles. The second kappa shape index (κ2) is 4.33. The van der Waals surface area contributed by atoms with Crippen LogP contribution in [0.3, 0.4) is 0 Å². The molecule has 4 heteroatoms. The highest BCUT2D eigenvalue weighted by Gasteiger charge is 2.20. The molecule has 0 spiro atoms. The highest BCUT2D eigenvalue weighted by atomic mass is 79.9. The Hall–Kier alpha value is -0.870. The van der Waals surface area contributed by atoms with Gasteiger partial charge >= 0.3 is 5.97 Å². The number of hydrogen-bond acceptors (Lipinski definition) is 3. The normalized spacial score (nSPS) is 11.3. The molecule has 82 valence electrons. The Morgan fingerprint density at radius 3 is 2.47 bits per heavy atom. The maximum Gasteiger partial charge on any atom is 0.337 e. The third kappa shape index (κ3) is 2.79. The van der Waals surface area contributed by atoms with Gasteiger partial charge in [-0.3, -0.25) is 0 Å². The average Bonchev–Trinajstić information content (AvgIpc) is 2.14. The molecule has 0 heterocycles. The van der Waals surface area contributed by atoms with Crippen molar-refractivity contribution in [3.8, 4) is 0 Å². The summed E-state index contributed by atoms with van der Waals surface area (Å²) in [6, 6.07) is 4.97. The van der Waals surface area contributed by atoms with Crippen LogP contribution in [0.4, 0.5) is 0 Å². The Bertz CT molecular complexity index is 380. The molecule has 3 nitrogen and oxygen atoms in total. The van der Waals surface area contributed by atoms with Crippen LogP contribution in [0.15, 0.2) is 22.7 Å². The molecular weight excluding hydrogens is 260 g/mol. The third-order valence-corrected chi connectivity index (χ3v) is 2.71. The first kappa shape index (κ1) is 12.2. The van der Waals surface area contributed by atoms with Gasteiger partial charge in [0.1, 0.15) is 0 Å². The van der Waals surface area contributed by atoms with E-state index in [9.17, 15) is 9.90 Å². The Labute approximate surface area is 97.2 Å². The maximum absolute atomic E-state index is 11.2. The fourth-order valence-electron chi connectivity index (χ4n) is 1.26. The lowest BCUT2D eigenvalue weighted by Crippen LogP contribution is -2.16. The average molecular weight is 273 g/mol. The largest absolute Gasteiger partial charge is 0.465 e. The number of aliphatic hydroxyl groups is 1. The minimum Gasteiger partial charge on any atom is -0.465 e. The molecule has 0 atom stereocenters. The van der Waals surface area contributed by atoms with E-state index in [0.29, 0.717) is 10.0 Å². The summed E-state index contributed by atoms with van der Waals surface area (Å²) < 4.78 is 5.29. The fraction of sp³-hybridized carbons (Fsp3) is 0.364. The van der Waals surface area contributed by atoms with Crippen LogP contribution in [0.25, 0.3) is 0 Å². The smallest absolute Gasteiger partial charge is 0.337 e. The van der Waals surface area contributed by atoms with E-state index >= 15 is 0 Å². The van der Waals surface area contributed by atoms with Crippen LogP contribution >= 0.6 is 15.9 Å². The van der Waals surface area contributed by atoms with Crippen LogP contribution in [0.2, 0.25) is 0 Å². The minimum absolute atomic E-state index is 0.391. The summed E-state index contributed by atoms with van der Waals surface area (Å²) in [4.78, 5) is 11.2. The number of carbonyl (C=O) groups excluding carboxylic acids is 1. The Balaban J connectivity index is 3.15. The first-order valence-electron chi connectivity index (χ1n) is 4.47. The topological polar surface area (TPSA) is 46.5 Å². The van der Waals surface area contributed by atoms with Gasteiger partial charge in [-0.1, -0.05) is 22.0 Å². The number of rotatable bonds is 2. The van der Waals surface area contributed by atoms with Gasteiger partial charge in [-0.15, -0.1) is 0 Å². The molecule has 1 N–H and O–H groups in total. The van der Waals surface area contributed by atoms with Gasteiger partial charge in [-0.2, -0.15) is 0 Å². The molecule has 15 heavy (non-hydrogen) atoms. The van der Waals surface area contributed by atoms with Crippen molar-refractivity contribution >= 4 is 21.9 Å². The van der Waals surface area contributed by atoms with Crippen molar-refractivity contribution < 1.29 is 14.6 Å². The number of ether oxygens (including phenoxy) is 1. The zero-order chi connectivity index (χ0) is 11.6. The molecule has 0 bridgehead atoms. The number of methoxy groups -OCH3 is 1. The van der Waals surface area contributed by atoms with Gasteiger partial charge < -0.3 is 9.84 Å². The Morgan fingerprint density at radius 1 is 1.47 bits per heavy atom. The van der Waals surface area contributed by atoms with Gasteiger partial charge in [0.25, 0.3) is 0 Å². The number of hydrogen-bond donors (Lipinski definition) is 1. The molecule has 0 amide bonds. The first-order valence-corrected chi connectivity index (χ1v) is 5.26. The van der Waals surface area contributed by atoms with Gasteiger partial charge in [0.05, 0.1) is 18.3 Å². The predicted octanol–water partition coefficient (Wildman–Crippen LogP) is 2.46. The van der Waals surface area contributed by atoms with Crippen LogP contribution in [-0.2, 0) is 10.3 Å². The molecule has 0 radical (unpaired) electrons. The molecule has 0 aliphatic carbocycles. The molecular formula is C11H13BrO3. The molecule has 1 aromatic carbocycles. The number of benzene rings is 1. The van der Waals surface area contributed by atoms with Crippen molar-refractivity contribution in [3.05, 3.63) is 33.8 Å². The summed E-state index contributed by atoms with van der Waals surface area (Å²) in [7, 11) is 1.33. The summed E-state index contributed by atoms with van der Waals surface area (Å²) in [5.41, 5.74) is 0.251.